The van der Waals surface area contributed by atoms with Gasteiger partial charge in [0, 0.05) is 19.5 Å². The molecule has 0 nitrogen and oxygen atoms in total. The van der Waals surface area contributed by atoms with Gasteiger partial charge in [-0.2, -0.15) is 0 Å². The normalized spacial score (nSPS) is 15.1. The van der Waals surface area contributed by atoms with Gasteiger partial charge in [0.2, 0.25) is 0 Å². The van der Waals surface area contributed by atoms with Gasteiger partial charge in [0.15, 0.2) is 0 Å². The number of hydrogen-bond donors (Lipinski definition) is 0. The lowest BCUT2D eigenvalue weighted by Gasteiger charge is -2.33. The first kappa shape index (κ1) is 36.4. The van der Waals surface area contributed by atoms with Crippen LogP contribution in [0.3, 0.4) is 0 Å². The molecule has 0 unspecified atom stereocenters. The number of thiophene rings is 3. The minimum Gasteiger partial charge on any atom is -0.148 e. The van der Waals surface area contributed by atoms with E-state index >= 15 is 0 Å². The zero-order valence-corrected chi connectivity index (χ0v) is 35.7. The summed E-state index contributed by atoms with van der Waals surface area (Å²) in [5.74, 6) is 0. The van der Waals surface area contributed by atoms with Crippen molar-refractivity contribution < 1.29 is 0 Å². The topological polar surface area (TPSA) is 0 Å². The summed E-state index contributed by atoms with van der Waals surface area (Å²) >= 11 is 5.92. The quantitative estimate of drug-likeness (QED) is 0.149. The van der Waals surface area contributed by atoms with Crippen LogP contribution >= 0.6 is 34.0 Å². The molecule has 8 rings (SSSR count). The van der Waals surface area contributed by atoms with Crippen molar-refractivity contribution in [3.63, 3.8) is 0 Å². The Labute approximate surface area is 330 Å². The summed E-state index contributed by atoms with van der Waals surface area (Å²) in [4.78, 5) is 5.45. The Morgan fingerprint density at radius 2 is 1.06 bits per heavy atom. The third kappa shape index (κ3) is 6.62. The molecule has 0 N–H and O–H groups in total. The number of aryl methyl sites for hydroxylation is 7. The summed E-state index contributed by atoms with van der Waals surface area (Å²) in [6.07, 6.45) is 4.65. The molecule has 1 aliphatic heterocycles. The molecule has 0 fully saturated rings. The SMILES string of the molecule is CC1=CC(C)(C)CC(C)=C1B(c1ccc(-c2ccc(-c3ccc(B4c5c(C)cc(C)cc5Cc5cc(C)cc(C)c54)s3)s2)s1)c1c(C)cc(C)cc1C. The highest BCUT2D eigenvalue weighted by molar-refractivity contribution is 7.33. The third-order valence-corrected chi connectivity index (χ3v) is 15.4. The van der Waals surface area contributed by atoms with Gasteiger partial charge in [-0.1, -0.05) is 140 Å². The van der Waals surface area contributed by atoms with E-state index < -0.39 is 0 Å². The third-order valence-electron chi connectivity index (χ3n) is 11.6. The van der Waals surface area contributed by atoms with Gasteiger partial charge in [-0.25, -0.2) is 0 Å². The highest BCUT2D eigenvalue weighted by atomic mass is 32.1. The second-order valence-corrected chi connectivity index (χ2v) is 20.2. The molecule has 3 aromatic heterocycles. The smallest absolute Gasteiger partial charge is 0.148 e. The molecular formula is C48H50B2S3. The Bertz CT molecular complexity index is 2410. The molecule has 53 heavy (non-hydrogen) atoms. The number of rotatable bonds is 6. The molecule has 0 saturated carbocycles. The number of hydrogen-bond acceptors (Lipinski definition) is 3. The molecule has 5 heteroatoms. The van der Waals surface area contributed by atoms with E-state index in [1.165, 1.54) is 112 Å². The average Bonchev–Trinajstić information content (AvgIpc) is 3.83. The number of benzene rings is 3. The van der Waals surface area contributed by atoms with E-state index in [2.05, 4.69) is 155 Å². The molecule has 2 aliphatic rings. The van der Waals surface area contributed by atoms with Crippen molar-refractivity contribution in [3.05, 3.63) is 146 Å². The molecular weight excluding hydrogens is 694 g/mol. The van der Waals surface area contributed by atoms with Crippen LogP contribution in [0.4, 0.5) is 0 Å². The molecule has 0 radical (unpaired) electrons. The minimum atomic E-state index is 0.189. The van der Waals surface area contributed by atoms with Gasteiger partial charge in [-0.3, -0.25) is 0 Å². The highest BCUT2D eigenvalue weighted by Crippen LogP contribution is 2.41. The summed E-state index contributed by atoms with van der Waals surface area (Å²) in [7, 11) is 0. The Balaban J connectivity index is 1.16. The molecule has 0 bridgehead atoms. The first-order valence-electron chi connectivity index (χ1n) is 19.1. The molecule has 0 saturated heterocycles. The summed E-state index contributed by atoms with van der Waals surface area (Å²) in [5.41, 5.74) is 21.9. The van der Waals surface area contributed by atoms with Gasteiger partial charge in [0.05, 0.1) is 0 Å². The summed E-state index contributed by atoms with van der Waals surface area (Å²) < 4.78 is 2.89. The van der Waals surface area contributed by atoms with Gasteiger partial charge in [-0.15, -0.1) is 34.0 Å². The van der Waals surface area contributed by atoms with E-state index in [0.717, 1.165) is 12.8 Å². The highest BCUT2D eigenvalue weighted by Gasteiger charge is 2.36. The van der Waals surface area contributed by atoms with Crippen molar-refractivity contribution in [2.75, 3.05) is 0 Å². The van der Waals surface area contributed by atoms with Crippen LogP contribution in [-0.4, -0.2) is 13.4 Å². The molecule has 4 heterocycles. The lowest BCUT2D eigenvalue weighted by atomic mass is 9.34. The first-order valence-corrected chi connectivity index (χ1v) is 21.6. The maximum Gasteiger partial charge on any atom is 0.255 e. The van der Waals surface area contributed by atoms with Crippen LogP contribution in [0.2, 0.25) is 0 Å². The predicted molar refractivity (Wildman–Crippen MR) is 241 cm³/mol. The van der Waals surface area contributed by atoms with Crippen LogP contribution in [0.25, 0.3) is 19.5 Å². The van der Waals surface area contributed by atoms with Crippen LogP contribution in [0.15, 0.2) is 95.5 Å². The molecule has 0 amide bonds. The Morgan fingerprint density at radius 1 is 0.566 bits per heavy atom. The van der Waals surface area contributed by atoms with Crippen LogP contribution in [0.5, 0.6) is 0 Å². The summed E-state index contributed by atoms with van der Waals surface area (Å²) in [6.45, 7) is 26.0. The lowest BCUT2D eigenvalue weighted by molar-refractivity contribution is 0.465. The van der Waals surface area contributed by atoms with Gasteiger partial charge in [-0.05, 0) is 126 Å². The van der Waals surface area contributed by atoms with Gasteiger partial charge >= 0.3 is 0 Å². The molecule has 266 valence electrons. The second kappa shape index (κ2) is 13.6. The molecule has 0 atom stereocenters. The van der Waals surface area contributed by atoms with Crippen molar-refractivity contribution >= 4 is 73.4 Å². The maximum atomic E-state index is 2.52. The first-order chi connectivity index (χ1) is 25.2. The largest absolute Gasteiger partial charge is 0.255 e. The lowest BCUT2D eigenvalue weighted by Crippen LogP contribution is -2.58. The monoisotopic (exact) mass is 744 g/mol. The Kier molecular flexibility index (Phi) is 9.32. The van der Waals surface area contributed by atoms with Crippen molar-refractivity contribution in [1.82, 2.24) is 0 Å². The van der Waals surface area contributed by atoms with Crippen LogP contribution in [-0.2, 0) is 6.42 Å². The number of allylic oxidation sites excluding steroid dienone is 4. The molecule has 1 aliphatic carbocycles. The van der Waals surface area contributed by atoms with E-state index in [1.54, 1.807) is 0 Å². The van der Waals surface area contributed by atoms with Crippen molar-refractivity contribution in [3.8, 4) is 19.5 Å². The Morgan fingerprint density at radius 3 is 1.64 bits per heavy atom. The van der Waals surface area contributed by atoms with E-state index in [9.17, 15) is 0 Å². The van der Waals surface area contributed by atoms with Gasteiger partial charge < -0.3 is 0 Å². The van der Waals surface area contributed by atoms with Crippen LogP contribution in [0, 0.1) is 53.9 Å². The van der Waals surface area contributed by atoms with Crippen molar-refractivity contribution in [2.45, 2.75) is 89.0 Å². The number of fused-ring (bicyclic) bond motifs is 2. The zero-order valence-electron chi connectivity index (χ0n) is 33.3. The second-order valence-electron chi connectivity index (χ2n) is 16.9. The van der Waals surface area contributed by atoms with Crippen LogP contribution in [0.1, 0.15) is 84.2 Å². The minimum absolute atomic E-state index is 0.189. The predicted octanol–water partition coefficient (Wildman–Crippen LogP) is 10.6. The van der Waals surface area contributed by atoms with Crippen molar-refractivity contribution in [1.29, 1.82) is 0 Å². The fourth-order valence-electron chi connectivity index (χ4n) is 10.1. The molecule has 3 aromatic carbocycles. The van der Waals surface area contributed by atoms with Crippen molar-refractivity contribution in [2.24, 2.45) is 5.41 Å². The maximum absolute atomic E-state index is 2.52. The van der Waals surface area contributed by atoms with Crippen LogP contribution < -0.4 is 25.9 Å². The van der Waals surface area contributed by atoms with E-state index in [1.807, 2.05) is 34.0 Å². The van der Waals surface area contributed by atoms with E-state index in [-0.39, 0.29) is 18.8 Å². The standard InChI is InChI=1S/C48H50B2S3/c1-27-18-30(4)44(31(5)19-27)49(45-34(8)25-48(10,11)26-35(45)9)42-16-14-40(52-42)38-12-13-39(51-38)41-15-17-43(53-41)50-46-32(6)20-28(2)22-36(46)24-37-23-29(3)21-33(7)47(37)50/h12-23,25H,24,26H2,1-11H3. The van der Waals surface area contributed by atoms with E-state index in [4.69, 9.17) is 0 Å². The van der Waals surface area contributed by atoms with Gasteiger partial charge in [0.25, 0.3) is 13.4 Å². The zero-order chi connectivity index (χ0) is 37.5. The van der Waals surface area contributed by atoms with E-state index in [0.29, 0.717) is 0 Å². The fourth-order valence-corrected chi connectivity index (χ4v) is 13.6. The Hall–Kier alpha value is -3.63. The van der Waals surface area contributed by atoms with Gasteiger partial charge in [0.1, 0.15) is 0 Å². The molecule has 0 spiro atoms. The summed E-state index contributed by atoms with van der Waals surface area (Å²) in [5, 5.41) is 0. The average molecular weight is 745 g/mol. The summed E-state index contributed by atoms with van der Waals surface area (Å²) in [6, 6.07) is 28.7. The molecule has 6 aromatic rings. The fraction of sp³-hybridized carbons (Fsp3) is 0.292.